The maximum absolute atomic E-state index is 12.6. The molecule has 2 aromatic heterocycles. The van der Waals surface area contributed by atoms with Crippen molar-refractivity contribution in [1.29, 1.82) is 0 Å². The van der Waals surface area contributed by atoms with Crippen LogP contribution >= 0.6 is 0 Å². The summed E-state index contributed by atoms with van der Waals surface area (Å²) in [6.45, 7) is 6.69. The Kier molecular flexibility index (Phi) is 6.56. The lowest BCUT2D eigenvalue weighted by atomic mass is 10.2. The van der Waals surface area contributed by atoms with E-state index in [4.69, 9.17) is 0 Å². The minimum absolute atomic E-state index is 0.00595. The van der Waals surface area contributed by atoms with Gasteiger partial charge in [-0.1, -0.05) is 56.3 Å². The van der Waals surface area contributed by atoms with Crippen LogP contribution in [0.15, 0.2) is 70.9 Å². The Bertz CT molecular complexity index is 1270. The molecule has 0 atom stereocenters. The number of pyridine rings is 1. The smallest absolute Gasteiger partial charge is 0.313 e. The van der Waals surface area contributed by atoms with E-state index in [-0.39, 0.29) is 11.6 Å². The van der Waals surface area contributed by atoms with Gasteiger partial charge in [0.15, 0.2) is 5.69 Å². The molecule has 7 heteroatoms. The van der Waals surface area contributed by atoms with Gasteiger partial charge in [-0.2, -0.15) is 0 Å². The molecule has 0 unspecified atom stereocenters. The van der Waals surface area contributed by atoms with Crippen LogP contribution < -0.4 is 0 Å². The second-order valence-corrected chi connectivity index (χ2v) is 7.77. The molecule has 1 amide bonds. The summed E-state index contributed by atoms with van der Waals surface area (Å²) in [6.07, 6.45) is 2.06. The predicted octanol–water partition coefficient (Wildman–Crippen LogP) is 5.90. The van der Waals surface area contributed by atoms with E-state index in [1.807, 2.05) is 59.2 Å². The molecule has 2 heterocycles. The Hall–Kier alpha value is -3.58. The standard InChI is InChI=1S/C25H27N5O2/c1-3-15-29(16-4-2)17-30-22-12-8-6-10-19(22)23(25(30)32)27-28-24(31)21-14-13-18-9-5-7-11-20(18)26-21/h5-14,32H,3-4,15-17H2,1-2H3. The molecule has 0 aliphatic rings. The number of aromatic nitrogens is 2. The average Bonchev–Trinajstić information content (AvgIpc) is 3.08. The first-order valence-corrected chi connectivity index (χ1v) is 11.0. The summed E-state index contributed by atoms with van der Waals surface area (Å²) in [5.41, 5.74) is 2.09. The highest BCUT2D eigenvalue weighted by atomic mass is 16.3. The van der Waals surface area contributed by atoms with E-state index in [1.165, 1.54) is 0 Å². The van der Waals surface area contributed by atoms with Crippen molar-refractivity contribution in [3.63, 3.8) is 0 Å². The van der Waals surface area contributed by atoms with Crippen LogP contribution in [0.4, 0.5) is 5.69 Å². The van der Waals surface area contributed by atoms with Crippen LogP contribution in [0, 0.1) is 0 Å². The summed E-state index contributed by atoms with van der Waals surface area (Å²) in [5.74, 6) is -0.544. The van der Waals surface area contributed by atoms with Gasteiger partial charge in [-0.3, -0.25) is 14.3 Å². The molecule has 0 aliphatic carbocycles. The number of para-hydroxylation sites is 2. The van der Waals surface area contributed by atoms with Gasteiger partial charge in [0.05, 0.1) is 17.7 Å². The van der Waals surface area contributed by atoms with Crippen molar-refractivity contribution in [2.45, 2.75) is 33.4 Å². The molecule has 4 aromatic rings. The number of benzene rings is 2. The molecule has 0 bridgehead atoms. The number of fused-ring (bicyclic) bond motifs is 2. The fraction of sp³-hybridized carbons (Fsp3) is 0.280. The monoisotopic (exact) mass is 429 g/mol. The van der Waals surface area contributed by atoms with Gasteiger partial charge < -0.3 is 5.11 Å². The maximum atomic E-state index is 12.6. The van der Waals surface area contributed by atoms with Crippen LogP contribution in [-0.4, -0.2) is 38.6 Å². The molecule has 2 aromatic carbocycles. The van der Waals surface area contributed by atoms with Crippen LogP contribution in [0.3, 0.4) is 0 Å². The van der Waals surface area contributed by atoms with Gasteiger partial charge in [0.25, 0.3) is 0 Å². The third-order valence-electron chi connectivity index (χ3n) is 5.40. The summed E-state index contributed by atoms with van der Waals surface area (Å²) < 4.78 is 1.83. The van der Waals surface area contributed by atoms with Crippen molar-refractivity contribution in [3.8, 4) is 5.88 Å². The lowest BCUT2D eigenvalue weighted by molar-refractivity contribution is 0.0990. The fourth-order valence-electron chi connectivity index (χ4n) is 3.93. The molecule has 0 fully saturated rings. The topological polar surface area (TPSA) is 83.1 Å². The number of amides is 1. The van der Waals surface area contributed by atoms with Crippen LogP contribution in [0.25, 0.3) is 21.8 Å². The van der Waals surface area contributed by atoms with E-state index in [0.29, 0.717) is 12.4 Å². The number of carbonyl (C=O) groups excluding carboxylic acids is 1. The second-order valence-electron chi connectivity index (χ2n) is 7.77. The Morgan fingerprint density at radius 3 is 2.50 bits per heavy atom. The molecule has 0 aliphatic heterocycles. The van der Waals surface area contributed by atoms with Crippen molar-refractivity contribution >= 4 is 33.4 Å². The zero-order valence-electron chi connectivity index (χ0n) is 18.4. The highest BCUT2D eigenvalue weighted by Gasteiger charge is 2.19. The average molecular weight is 430 g/mol. The third kappa shape index (κ3) is 4.38. The van der Waals surface area contributed by atoms with E-state index in [0.717, 1.165) is 47.7 Å². The molecule has 1 N–H and O–H groups in total. The fourth-order valence-corrected chi connectivity index (χ4v) is 3.93. The number of aromatic hydroxyl groups is 1. The first kappa shape index (κ1) is 21.6. The van der Waals surface area contributed by atoms with Crippen LogP contribution in [0.1, 0.15) is 37.2 Å². The van der Waals surface area contributed by atoms with E-state index in [9.17, 15) is 9.90 Å². The minimum atomic E-state index is -0.550. The molecule has 0 spiro atoms. The maximum Gasteiger partial charge on any atom is 0.313 e. The van der Waals surface area contributed by atoms with Gasteiger partial charge >= 0.3 is 5.91 Å². The summed E-state index contributed by atoms with van der Waals surface area (Å²) in [4.78, 5) is 19.3. The van der Waals surface area contributed by atoms with Crippen molar-refractivity contribution in [2.75, 3.05) is 13.1 Å². The molecule has 4 rings (SSSR count). The van der Waals surface area contributed by atoms with Gasteiger partial charge in [0.1, 0.15) is 5.69 Å². The van der Waals surface area contributed by atoms with Gasteiger partial charge in [0.2, 0.25) is 5.88 Å². The lowest BCUT2D eigenvalue weighted by Crippen LogP contribution is -2.27. The highest BCUT2D eigenvalue weighted by molar-refractivity contribution is 5.97. The molecular weight excluding hydrogens is 402 g/mol. The largest absolute Gasteiger partial charge is 0.493 e. The Morgan fingerprint density at radius 2 is 1.72 bits per heavy atom. The number of hydrogen-bond acceptors (Lipinski definition) is 5. The van der Waals surface area contributed by atoms with Crippen molar-refractivity contribution in [3.05, 3.63) is 66.4 Å². The molecule has 32 heavy (non-hydrogen) atoms. The first-order chi connectivity index (χ1) is 15.6. The third-order valence-corrected chi connectivity index (χ3v) is 5.40. The van der Waals surface area contributed by atoms with Crippen LogP contribution in [0.2, 0.25) is 0 Å². The summed E-state index contributed by atoms with van der Waals surface area (Å²) in [7, 11) is 0. The molecular formula is C25H27N5O2. The van der Waals surface area contributed by atoms with E-state index in [2.05, 4.69) is 34.0 Å². The van der Waals surface area contributed by atoms with Gasteiger partial charge in [-0.25, -0.2) is 4.98 Å². The number of rotatable bonds is 8. The molecule has 7 nitrogen and oxygen atoms in total. The Labute approximate surface area is 187 Å². The zero-order chi connectivity index (χ0) is 22.5. The normalized spacial score (nSPS) is 11.8. The first-order valence-electron chi connectivity index (χ1n) is 11.0. The van der Waals surface area contributed by atoms with Gasteiger partial charge in [-0.15, -0.1) is 10.2 Å². The predicted molar refractivity (Wildman–Crippen MR) is 126 cm³/mol. The van der Waals surface area contributed by atoms with Crippen molar-refractivity contribution < 1.29 is 9.90 Å². The van der Waals surface area contributed by atoms with Gasteiger partial charge in [0, 0.05) is 10.8 Å². The lowest BCUT2D eigenvalue weighted by Gasteiger charge is -2.22. The summed E-state index contributed by atoms with van der Waals surface area (Å²) >= 11 is 0. The molecule has 0 saturated carbocycles. The van der Waals surface area contributed by atoms with E-state index < -0.39 is 5.91 Å². The number of carbonyl (C=O) groups is 1. The summed E-state index contributed by atoms with van der Waals surface area (Å²) in [6, 6.07) is 18.7. The van der Waals surface area contributed by atoms with Gasteiger partial charge in [-0.05, 0) is 44.1 Å². The zero-order valence-corrected chi connectivity index (χ0v) is 18.4. The highest BCUT2D eigenvalue weighted by Crippen LogP contribution is 2.39. The molecule has 164 valence electrons. The van der Waals surface area contributed by atoms with E-state index >= 15 is 0 Å². The van der Waals surface area contributed by atoms with Crippen LogP contribution in [0.5, 0.6) is 5.88 Å². The number of hydrogen-bond donors (Lipinski definition) is 1. The number of nitrogens with zero attached hydrogens (tertiary/aromatic N) is 5. The summed E-state index contributed by atoms with van der Waals surface area (Å²) in [5, 5.41) is 20.7. The molecule has 0 radical (unpaired) electrons. The van der Waals surface area contributed by atoms with E-state index in [1.54, 1.807) is 6.07 Å². The van der Waals surface area contributed by atoms with Crippen LogP contribution in [-0.2, 0) is 6.67 Å². The molecule has 0 saturated heterocycles. The minimum Gasteiger partial charge on any atom is -0.493 e. The Morgan fingerprint density at radius 1 is 1.00 bits per heavy atom. The van der Waals surface area contributed by atoms with Crippen molar-refractivity contribution in [2.24, 2.45) is 10.2 Å². The quantitative estimate of drug-likeness (QED) is 0.354. The SMILES string of the molecule is CCCN(CCC)Cn1c(O)c(N=NC(=O)c2ccc3ccccc3n2)c2ccccc21. The van der Waals surface area contributed by atoms with Crippen molar-refractivity contribution in [1.82, 2.24) is 14.5 Å². The number of azo groups is 1. The Balaban J connectivity index is 1.67. The second kappa shape index (κ2) is 9.70.